The lowest BCUT2D eigenvalue weighted by Crippen LogP contribution is -2.44. The number of carbonyl (C=O) groups excluding carboxylic acids is 1. The molecule has 3 aromatic rings. The second-order valence-corrected chi connectivity index (χ2v) is 9.30. The van der Waals surface area contributed by atoms with Gasteiger partial charge in [0.2, 0.25) is 0 Å². The molecule has 3 heterocycles. The summed E-state index contributed by atoms with van der Waals surface area (Å²) in [7, 11) is 0. The lowest BCUT2D eigenvalue weighted by Gasteiger charge is -2.36. The van der Waals surface area contributed by atoms with Crippen LogP contribution in [0.2, 0.25) is 0 Å². The van der Waals surface area contributed by atoms with Gasteiger partial charge in [-0.15, -0.1) is 0 Å². The number of nitrogens with one attached hydrogen (secondary N) is 1. The highest BCUT2D eigenvalue weighted by atomic mass is 19.1. The molecule has 0 spiro atoms. The van der Waals surface area contributed by atoms with Crippen LogP contribution in [0.15, 0.2) is 48.7 Å². The third kappa shape index (κ3) is 4.23. The Labute approximate surface area is 198 Å². The summed E-state index contributed by atoms with van der Waals surface area (Å²) in [4.78, 5) is 18.6. The number of aromatic nitrogens is 1. The molecule has 2 aromatic carbocycles. The number of anilines is 2. The summed E-state index contributed by atoms with van der Waals surface area (Å²) in [5, 5.41) is 2.85. The smallest absolute Gasteiger partial charge is 0.251 e. The Kier molecular flexibility index (Phi) is 5.96. The van der Waals surface area contributed by atoms with Crippen molar-refractivity contribution in [1.29, 1.82) is 0 Å². The lowest BCUT2D eigenvalue weighted by atomic mass is 9.94. The van der Waals surface area contributed by atoms with Gasteiger partial charge in [-0.1, -0.05) is 26.0 Å². The zero-order valence-electron chi connectivity index (χ0n) is 19.5. The van der Waals surface area contributed by atoms with Crippen LogP contribution in [0.3, 0.4) is 0 Å². The molecule has 3 N–H and O–H groups in total. The average Bonchev–Trinajstić information content (AvgIpc) is 2.84. The van der Waals surface area contributed by atoms with Crippen molar-refractivity contribution in [2.45, 2.75) is 26.4 Å². The number of pyridine rings is 1. The Morgan fingerprint density at radius 3 is 2.74 bits per heavy atom. The number of amides is 1. The van der Waals surface area contributed by atoms with Gasteiger partial charge < -0.3 is 20.7 Å². The molecule has 1 amide bonds. The second kappa shape index (κ2) is 9.06. The molecule has 176 valence electrons. The topological polar surface area (TPSA) is 80.5 Å². The molecular formula is C27H29FN4O2. The number of morpholine rings is 1. The van der Waals surface area contributed by atoms with Crippen LogP contribution in [0.5, 0.6) is 0 Å². The summed E-state index contributed by atoms with van der Waals surface area (Å²) in [6.45, 7) is 7.02. The molecule has 5 rings (SSSR count). The molecule has 1 aromatic heterocycles. The number of rotatable bonds is 4. The highest BCUT2D eigenvalue weighted by Crippen LogP contribution is 2.34. The first kappa shape index (κ1) is 22.3. The van der Waals surface area contributed by atoms with Crippen LogP contribution in [0, 0.1) is 11.7 Å². The van der Waals surface area contributed by atoms with E-state index >= 15 is 4.39 Å². The minimum Gasteiger partial charge on any atom is -0.383 e. The van der Waals surface area contributed by atoms with Crippen molar-refractivity contribution in [3.63, 3.8) is 0 Å². The molecule has 0 unspecified atom stereocenters. The molecule has 1 atom stereocenters. The fraction of sp³-hybridized carbons (Fsp3) is 0.333. The zero-order chi connectivity index (χ0) is 23.8. The van der Waals surface area contributed by atoms with Crippen LogP contribution in [0.1, 0.15) is 29.8 Å². The van der Waals surface area contributed by atoms with E-state index in [0.717, 1.165) is 41.9 Å². The van der Waals surface area contributed by atoms with Crippen molar-refractivity contribution >= 4 is 17.4 Å². The Morgan fingerprint density at radius 2 is 1.94 bits per heavy atom. The number of nitrogens with two attached hydrogens (primary N) is 1. The standard InChI is InChI=1S/C27H29FN4O2/c1-16(2)25-15-32(9-10-34-25)20-4-6-21(24(28)13-20)19-12-23(26(29)31-14-19)17-3-5-22-18(11-17)7-8-30-27(22)33/h3-6,11-14,16,25H,7-10,15H2,1-2H3,(H2,29,31)(H,30,33)/t25-/m0/s1. The first-order valence-corrected chi connectivity index (χ1v) is 11.7. The van der Waals surface area contributed by atoms with Crippen molar-refractivity contribution in [3.05, 3.63) is 65.6 Å². The van der Waals surface area contributed by atoms with Crippen LogP contribution in [0.25, 0.3) is 22.3 Å². The second-order valence-electron chi connectivity index (χ2n) is 9.30. The van der Waals surface area contributed by atoms with Gasteiger partial charge in [-0.3, -0.25) is 4.79 Å². The van der Waals surface area contributed by atoms with Gasteiger partial charge >= 0.3 is 0 Å². The van der Waals surface area contributed by atoms with Crippen LogP contribution < -0.4 is 16.0 Å². The van der Waals surface area contributed by atoms with E-state index in [1.54, 1.807) is 18.3 Å². The van der Waals surface area contributed by atoms with E-state index in [1.807, 2.05) is 30.3 Å². The monoisotopic (exact) mass is 460 g/mol. The molecule has 2 aliphatic heterocycles. The van der Waals surface area contributed by atoms with Gasteiger partial charge in [0.05, 0.1) is 12.7 Å². The SMILES string of the molecule is CC(C)[C@@H]1CN(c2ccc(-c3cnc(N)c(-c4ccc5c(c4)CCNC5=O)c3)c(F)c2)CCO1. The fourth-order valence-electron chi connectivity index (χ4n) is 4.70. The van der Waals surface area contributed by atoms with E-state index in [2.05, 4.69) is 29.0 Å². The van der Waals surface area contributed by atoms with Gasteiger partial charge in [-0.05, 0) is 53.8 Å². The van der Waals surface area contributed by atoms with Gasteiger partial charge in [-0.2, -0.15) is 0 Å². The van der Waals surface area contributed by atoms with E-state index < -0.39 is 0 Å². The van der Waals surface area contributed by atoms with Crippen LogP contribution in [0.4, 0.5) is 15.9 Å². The number of fused-ring (bicyclic) bond motifs is 1. The number of nitrogens with zero attached hydrogens (tertiary/aromatic N) is 2. The molecule has 2 aliphatic rings. The molecule has 0 radical (unpaired) electrons. The van der Waals surface area contributed by atoms with Gasteiger partial charge in [0.15, 0.2) is 0 Å². The summed E-state index contributed by atoms with van der Waals surface area (Å²) in [6.07, 6.45) is 2.51. The number of ether oxygens (including phenoxy) is 1. The number of hydrogen-bond acceptors (Lipinski definition) is 5. The van der Waals surface area contributed by atoms with Crippen molar-refractivity contribution in [3.8, 4) is 22.3 Å². The predicted molar refractivity (Wildman–Crippen MR) is 132 cm³/mol. The minimum atomic E-state index is -0.301. The lowest BCUT2D eigenvalue weighted by molar-refractivity contribution is 0.0114. The zero-order valence-corrected chi connectivity index (χ0v) is 19.5. The summed E-state index contributed by atoms with van der Waals surface area (Å²) in [5.41, 5.74) is 11.4. The molecule has 1 saturated heterocycles. The molecule has 0 aliphatic carbocycles. The quantitative estimate of drug-likeness (QED) is 0.607. The van der Waals surface area contributed by atoms with E-state index in [-0.39, 0.29) is 17.8 Å². The number of benzene rings is 2. The van der Waals surface area contributed by atoms with Crippen molar-refractivity contribution in [2.24, 2.45) is 5.92 Å². The van der Waals surface area contributed by atoms with Crippen LogP contribution in [-0.4, -0.2) is 43.2 Å². The molecule has 34 heavy (non-hydrogen) atoms. The molecule has 0 saturated carbocycles. The first-order valence-electron chi connectivity index (χ1n) is 11.7. The Balaban J connectivity index is 1.45. The van der Waals surface area contributed by atoms with Gasteiger partial charge in [-0.25, -0.2) is 9.37 Å². The van der Waals surface area contributed by atoms with E-state index in [0.29, 0.717) is 41.6 Å². The molecule has 0 bridgehead atoms. The highest BCUT2D eigenvalue weighted by molar-refractivity contribution is 5.97. The van der Waals surface area contributed by atoms with E-state index in [9.17, 15) is 4.79 Å². The third-order valence-corrected chi connectivity index (χ3v) is 6.73. The Hall–Kier alpha value is -3.45. The largest absolute Gasteiger partial charge is 0.383 e. The molecule has 6 nitrogen and oxygen atoms in total. The normalized spacial score (nSPS) is 18.1. The molecule has 1 fully saturated rings. The summed E-state index contributed by atoms with van der Waals surface area (Å²) in [6, 6.07) is 12.9. The first-order chi connectivity index (χ1) is 16.4. The van der Waals surface area contributed by atoms with E-state index in [1.165, 1.54) is 0 Å². The van der Waals surface area contributed by atoms with Gasteiger partial charge in [0, 0.05) is 53.8 Å². The van der Waals surface area contributed by atoms with Gasteiger partial charge in [0.1, 0.15) is 11.6 Å². The minimum absolute atomic E-state index is 0.0604. The van der Waals surface area contributed by atoms with Crippen molar-refractivity contribution < 1.29 is 13.9 Å². The van der Waals surface area contributed by atoms with Crippen LogP contribution in [-0.2, 0) is 11.2 Å². The number of hydrogen-bond donors (Lipinski definition) is 2. The van der Waals surface area contributed by atoms with Crippen molar-refractivity contribution in [2.75, 3.05) is 36.9 Å². The Morgan fingerprint density at radius 1 is 1.12 bits per heavy atom. The number of halogens is 1. The third-order valence-electron chi connectivity index (χ3n) is 6.73. The van der Waals surface area contributed by atoms with Crippen molar-refractivity contribution in [1.82, 2.24) is 10.3 Å². The van der Waals surface area contributed by atoms with Crippen LogP contribution >= 0.6 is 0 Å². The highest BCUT2D eigenvalue weighted by Gasteiger charge is 2.24. The average molecular weight is 461 g/mol. The molecule has 7 heteroatoms. The number of carbonyl (C=O) groups is 1. The Bertz CT molecular complexity index is 1240. The molecular weight excluding hydrogens is 431 g/mol. The summed E-state index contributed by atoms with van der Waals surface area (Å²) < 4.78 is 21.1. The summed E-state index contributed by atoms with van der Waals surface area (Å²) >= 11 is 0. The number of nitrogen functional groups attached to an aromatic ring is 1. The maximum atomic E-state index is 15.3. The maximum Gasteiger partial charge on any atom is 0.251 e. The predicted octanol–water partition coefficient (Wildman–Crippen LogP) is 4.28. The van der Waals surface area contributed by atoms with Gasteiger partial charge in [0.25, 0.3) is 5.91 Å². The van der Waals surface area contributed by atoms with E-state index in [4.69, 9.17) is 10.5 Å². The maximum absolute atomic E-state index is 15.3. The fourth-order valence-corrected chi connectivity index (χ4v) is 4.70. The summed E-state index contributed by atoms with van der Waals surface area (Å²) in [5.74, 6) is 0.415.